The summed E-state index contributed by atoms with van der Waals surface area (Å²) >= 11 is 12.5. The molecule has 20 heavy (non-hydrogen) atoms. The summed E-state index contributed by atoms with van der Waals surface area (Å²) in [5, 5.41) is -0.0125. The second-order valence-electron chi connectivity index (χ2n) is 4.62. The molecule has 4 heteroatoms. The van der Waals surface area contributed by atoms with Gasteiger partial charge in [0.1, 0.15) is 11.6 Å². The minimum absolute atomic E-state index is 0.312. The van der Waals surface area contributed by atoms with Crippen molar-refractivity contribution in [3.63, 3.8) is 0 Å². The van der Waals surface area contributed by atoms with Crippen molar-refractivity contribution in [1.29, 1.82) is 0 Å². The molecule has 0 aliphatic carbocycles. The fourth-order valence-electron chi connectivity index (χ4n) is 2.12. The maximum atomic E-state index is 13.8. The predicted octanol–water partition coefficient (Wildman–Crippen LogP) is 5.32. The summed E-state index contributed by atoms with van der Waals surface area (Å²) in [5.74, 6) is 0.359. The van der Waals surface area contributed by atoms with Crippen molar-refractivity contribution >= 4 is 23.2 Å². The van der Waals surface area contributed by atoms with Crippen LogP contribution in [0.5, 0.6) is 5.75 Å². The summed E-state index contributed by atoms with van der Waals surface area (Å²) < 4.78 is 19.1. The Balaban J connectivity index is 2.33. The number of halogens is 3. The molecule has 0 amide bonds. The topological polar surface area (TPSA) is 9.23 Å². The van der Waals surface area contributed by atoms with Gasteiger partial charge in [-0.25, -0.2) is 4.39 Å². The molecule has 106 valence electrons. The van der Waals surface area contributed by atoms with E-state index in [0.29, 0.717) is 22.8 Å². The van der Waals surface area contributed by atoms with E-state index < -0.39 is 5.38 Å². The molecular weight excluding hydrogens is 298 g/mol. The monoisotopic (exact) mass is 312 g/mol. The second kappa shape index (κ2) is 6.47. The summed E-state index contributed by atoms with van der Waals surface area (Å²) in [4.78, 5) is 0. The summed E-state index contributed by atoms with van der Waals surface area (Å²) in [6.07, 6.45) is 0.312. The van der Waals surface area contributed by atoms with Crippen molar-refractivity contribution in [2.75, 3.05) is 7.11 Å². The SMILES string of the molecule is COc1ccc(C)cc1C(Cl)Cc1c(F)cccc1Cl. The molecule has 0 saturated heterocycles. The first-order valence-electron chi connectivity index (χ1n) is 6.24. The van der Waals surface area contributed by atoms with Crippen LogP contribution >= 0.6 is 23.2 Å². The van der Waals surface area contributed by atoms with E-state index >= 15 is 0 Å². The van der Waals surface area contributed by atoms with Gasteiger partial charge in [-0.05, 0) is 31.5 Å². The van der Waals surface area contributed by atoms with Crippen molar-refractivity contribution in [1.82, 2.24) is 0 Å². The Hall–Kier alpha value is -1.25. The largest absolute Gasteiger partial charge is 0.496 e. The number of hydrogen-bond acceptors (Lipinski definition) is 1. The lowest BCUT2D eigenvalue weighted by molar-refractivity contribution is 0.409. The summed E-state index contributed by atoms with van der Waals surface area (Å²) in [7, 11) is 1.59. The molecule has 0 N–H and O–H groups in total. The molecule has 0 aromatic heterocycles. The number of aryl methyl sites for hydroxylation is 1. The van der Waals surface area contributed by atoms with Crippen LogP contribution in [0.4, 0.5) is 4.39 Å². The van der Waals surface area contributed by atoms with Gasteiger partial charge in [0.05, 0.1) is 12.5 Å². The molecule has 0 radical (unpaired) electrons. The van der Waals surface area contributed by atoms with Gasteiger partial charge in [-0.2, -0.15) is 0 Å². The average Bonchev–Trinajstić information content (AvgIpc) is 2.43. The van der Waals surface area contributed by atoms with E-state index in [1.165, 1.54) is 6.07 Å². The minimum Gasteiger partial charge on any atom is -0.496 e. The summed E-state index contributed by atoms with van der Waals surface area (Å²) in [6.45, 7) is 1.97. The van der Waals surface area contributed by atoms with Crippen LogP contribution in [0.25, 0.3) is 0 Å². The fraction of sp³-hybridized carbons (Fsp3) is 0.250. The number of ether oxygens (including phenoxy) is 1. The Morgan fingerprint density at radius 1 is 1.25 bits per heavy atom. The predicted molar refractivity (Wildman–Crippen MR) is 81.4 cm³/mol. The number of alkyl halides is 1. The van der Waals surface area contributed by atoms with E-state index in [-0.39, 0.29) is 5.82 Å². The van der Waals surface area contributed by atoms with Crippen molar-refractivity contribution in [2.45, 2.75) is 18.7 Å². The number of methoxy groups -OCH3 is 1. The third kappa shape index (κ3) is 3.25. The van der Waals surface area contributed by atoms with Gasteiger partial charge in [-0.15, -0.1) is 11.6 Å². The molecule has 1 unspecified atom stereocenters. The number of hydrogen-bond donors (Lipinski definition) is 0. The molecule has 1 atom stereocenters. The van der Waals surface area contributed by atoms with E-state index in [9.17, 15) is 4.39 Å². The Morgan fingerprint density at radius 2 is 2.00 bits per heavy atom. The first-order valence-corrected chi connectivity index (χ1v) is 7.06. The van der Waals surface area contributed by atoms with Crippen LogP contribution in [-0.2, 0) is 6.42 Å². The molecule has 1 nitrogen and oxygen atoms in total. The molecule has 0 heterocycles. The van der Waals surface area contributed by atoms with Gasteiger partial charge in [0.15, 0.2) is 0 Å². The molecule has 2 aromatic rings. The average molecular weight is 313 g/mol. The first kappa shape index (κ1) is 15.1. The fourth-order valence-corrected chi connectivity index (χ4v) is 2.68. The van der Waals surface area contributed by atoms with Gasteiger partial charge < -0.3 is 4.74 Å². The smallest absolute Gasteiger partial charge is 0.127 e. The third-order valence-electron chi connectivity index (χ3n) is 3.17. The molecule has 0 aliphatic rings. The van der Waals surface area contributed by atoms with Crippen LogP contribution in [0.1, 0.15) is 22.1 Å². The molecule has 0 bridgehead atoms. The molecule has 2 aromatic carbocycles. The van der Waals surface area contributed by atoms with E-state index in [1.54, 1.807) is 19.2 Å². The first-order chi connectivity index (χ1) is 9.52. The van der Waals surface area contributed by atoms with Crippen molar-refractivity contribution in [2.24, 2.45) is 0 Å². The van der Waals surface area contributed by atoms with Crippen molar-refractivity contribution < 1.29 is 9.13 Å². The summed E-state index contributed by atoms with van der Waals surface area (Å²) in [6, 6.07) is 10.4. The highest BCUT2D eigenvalue weighted by Gasteiger charge is 2.18. The van der Waals surface area contributed by atoms with Gasteiger partial charge >= 0.3 is 0 Å². The molecule has 2 rings (SSSR count). The normalized spacial score (nSPS) is 12.2. The minimum atomic E-state index is -0.403. The van der Waals surface area contributed by atoms with Crippen LogP contribution in [0.3, 0.4) is 0 Å². The Bertz CT molecular complexity index is 593. The van der Waals surface area contributed by atoms with Crippen LogP contribution < -0.4 is 4.74 Å². The van der Waals surface area contributed by atoms with Gasteiger partial charge in [0.25, 0.3) is 0 Å². The van der Waals surface area contributed by atoms with Crippen LogP contribution in [0, 0.1) is 12.7 Å². The van der Waals surface area contributed by atoms with Crippen molar-refractivity contribution in [3.8, 4) is 5.75 Å². The maximum absolute atomic E-state index is 13.8. The molecule has 0 fully saturated rings. The Morgan fingerprint density at radius 3 is 2.65 bits per heavy atom. The molecule has 0 saturated carbocycles. The standard InChI is InChI=1S/C16H15Cl2FO/c1-10-6-7-16(20-2)12(8-10)14(18)9-11-13(17)4-3-5-15(11)19/h3-8,14H,9H2,1-2H3. The van der Waals surface area contributed by atoms with Gasteiger partial charge in [-0.1, -0.05) is 35.4 Å². The zero-order valence-electron chi connectivity index (χ0n) is 11.3. The van der Waals surface area contributed by atoms with Crippen LogP contribution in [0.2, 0.25) is 5.02 Å². The summed E-state index contributed by atoms with van der Waals surface area (Å²) in [5.41, 5.74) is 2.34. The molecule has 0 spiro atoms. The Labute approximate surface area is 128 Å². The maximum Gasteiger partial charge on any atom is 0.127 e. The van der Waals surface area contributed by atoms with Gasteiger partial charge in [-0.3, -0.25) is 0 Å². The van der Waals surface area contributed by atoms with Crippen molar-refractivity contribution in [3.05, 3.63) is 63.9 Å². The van der Waals surface area contributed by atoms with E-state index in [0.717, 1.165) is 11.1 Å². The number of benzene rings is 2. The van der Waals surface area contributed by atoms with Crippen LogP contribution in [-0.4, -0.2) is 7.11 Å². The lowest BCUT2D eigenvalue weighted by atomic mass is 10.0. The number of rotatable bonds is 4. The van der Waals surface area contributed by atoms with E-state index in [2.05, 4.69) is 0 Å². The molecular formula is C16H15Cl2FO. The third-order valence-corrected chi connectivity index (χ3v) is 3.91. The highest BCUT2D eigenvalue weighted by atomic mass is 35.5. The van der Waals surface area contributed by atoms with E-state index in [4.69, 9.17) is 27.9 Å². The van der Waals surface area contributed by atoms with E-state index in [1.807, 2.05) is 25.1 Å². The lowest BCUT2D eigenvalue weighted by Crippen LogP contribution is -2.02. The lowest BCUT2D eigenvalue weighted by Gasteiger charge is -2.16. The van der Waals surface area contributed by atoms with Gasteiger partial charge in [0.2, 0.25) is 0 Å². The molecule has 0 aliphatic heterocycles. The Kier molecular flexibility index (Phi) is 4.90. The zero-order valence-corrected chi connectivity index (χ0v) is 12.8. The van der Waals surface area contributed by atoms with Gasteiger partial charge in [0, 0.05) is 16.1 Å². The highest BCUT2D eigenvalue weighted by Crippen LogP contribution is 2.35. The second-order valence-corrected chi connectivity index (χ2v) is 5.55. The zero-order chi connectivity index (χ0) is 14.7. The van der Waals surface area contributed by atoms with Crippen LogP contribution in [0.15, 0.2) is 36.4 Å². The highest BCUT2D eigenvalue weighted by molar-refractivity contribution is 6.31. The quantitative estimate of drug-likeness (QED) is 0.694.